The van der Waals surface area contributed by atoms with Crippen LogP contribution in [-0.4, -0.2) is 31.1 Å². The molecule has 3 aromatic rings. The van der Waals surface area contributed by atoms with Gasteiger partial charge in [0.2, 0.25) is 0 Å². The highest BCUT2D eigenvalue weighted by molar-refractivity contribution is 7.99. The third-order valence-corrected chi connectivity index (χ3v) is 6.86. The van der Waals surface area contributed by atoms with E-state index in [1.807, 2.05) is 35.2 Å². The zero-order valence-electron chi connectivity index (χ0n) is 14.4. The molecular formula is C21H21ClN2S2. The third-order valence-electron chi connectivity index (χ3n) is 4.58. The number of hydrogen-bond donors (Lipinski definition) is 1. The molecule has 5 heteroatoms. The van der Waals surface area contributed by atoms with E-state index in [4.69, 9.17) is 11.6 Å². The number of thiophene rings is 1. The minimum absolute atomic E-state index is 0.313. The number of benzene rings is 2. The fraction of sp³-hybridized carbons (Fsp3) is 0.238. The van der Waals surface area contributed by atoms with Crippen molar-refractivity contribution >= 4 is 34.7 Å². The van der Waals surface area contributed by atoms with Crippen LogP contribution in [0, 0.1) is 0 Å². The van der Waals surface area contributed by atoms with Gasteiger partial charge in [0.05, 0.1) is 6.04 Å². The topological polar surface area (TPSA) is 15.3 Å². The Morgan fingerprint density at radius 2 is 1.73 bits per heavy atom. The minimum Gasteiger partial charge on any atom is -0.314 e. The molecule has 1 atom stereocenters. The average molecular weight is 401 g/mol. The van der Waals surface area contributed by atoms with Crippen LogP contribution in [0.5, 0.6) is 0 Å². The van der Waals surface area contributed by atoms with Crippen molar-refractivity contribution in [1.82, 2.24) is 10.2 Å². The Hall–Kier alpha value is -1.30. The molecule has 1 saturated heterocycles. The number of nitrogens with one attached hydrogen (secondary N) is 1. The molecule has 0 amide bonds. The highest BCUT2D eigenvalue weighted by Crippen LogP contribution is 2.39. The van der Waals surface area contributed by atoms with E-state index in [1.165, 1.54) is 20.2 Å². The van der Waals surface area contributed by atoms with E-state index in [2.05, 4.69) is 64.1 Å². The van der Waals surface area contributed by atoms with Crippen LogP contribution in [-0.2, 0) is 0 Å². The molecule has 0 bridgehead atoms. The van der Waals surface area contributed by atoms with Gasteiger partial charge in [-0.25, -0.2) is 0 Å². The van der Waals surface area contributed by atoms with Gasteiger partial charge in [0, 0.05) is 45.9 Å². The Balaban J connectivity index is 1.70. The van der Waals surface area contributed by atoms with E-state index >= 15 is 0 Å². The summed E-state index contributed by atoms with van der Waals surface area (Å²) in [5.74, 6) is 0. The normalized spacial score (nSPS) is 16.5. The highest BCUT2D eigenvalue weighted by Gasteiger charge is 2.26. The van der Waals surface area contributed by atoms with Crippen molar-refractivity contribution in [2.45, 2.75) is 15.8 Å². The first-order valence-electron chi connectivity index (χ1n) is 8.82. The van der Waals surface area contributed by atoms with Crippen LogP contribution in [0.25, 0.3) is 0 Å². The van der Waals surface area contributed by atoms with Crippen molar-refractivity contribution in [2.24, 2.45) is 0 Å². The third kappa shape index (κ3) is 4.16. The molecule has 4 rings (SSSR count). The number of hydrogen-bond acceptors (Lipinski definition) is 4. The molecule has 26 heavy (non-hydrogen) atoms. The minimum atomic E-state index is 0.313. The Labute approximate surface area is 168 Å². The summed E-state index contributed by atoms with van der Waals surface area (Å²) >= 11 is 9.71. The molecule has 2 nitrogen and oxygen atoms in total. The molecule has 0 radical (unpaired) electrons. The number of halogens is 1. The summed E-state index contributed by atoms with van der Waals surface area (Å²) in [6.45, 7) is 4.24. The van der Waals surface area contributed by atoms with Crippen LogP contribution >= 0.6 is 34.7 Å². The standard InChI is InChI=1S/C21H21ClN2S2/c22-16-7-9-17(10-8-16)26-19-5-2-1-4-18(19)21(20-6-3-15-25-20)24-13-11-23-12-14-24/h1-10,15,21,23H,11-14H2/t21-/m1/s1. The van der Waals surface area contributed by atoms with E-state index in [0.29, 0.717) is 6.04 Å². The van der Waals surface area contributed by atoms with Gasteiger partial charge >= 0.3 is 0 Å². The van der Waals surface area contributed by atoms with Crippen molar-refractivity contribution in [1.29, 1.82) is 0 Å². The molecule has 0 saturated carbocycles. The maximum absolute atomic E-state index is 6.05. The van der Waals surface area contributed by atoms with Crippen molar-refractivity contribution < 1.29 is 0 Å². The summed E-state index contributed by atoms with van der Waals surface area (Å²) in [6, 6.07) is 21.6. The quantitative estimate of drug-likeness (QED) is 0.604. The van der Waals surface area contributed by atoms with Crippen LogP contribution in [0.2, 0.25) is 5.02 Å². The summed E-state index contributed by atoms with van der Waals surface area (Å²) in [7, 11) is 0. The van der Waals surface area contributed by atoms with E-state index in [-0.39, 0.29) is 0 Å². The average Bonchev–Trinajstić information content (AvgIpc) is 3.20. The molecule has 0 spiro atoms. The van der Waals surface area contributed by atoms with Gasteiger partial charge < -0.3 is 5.32 Å². The van der Waals surface area contributed by atoms with Crippen LogP contribution in [0.3, 0.4) is 0 Å². The molecule has 2 heterocycles. The lowest BCUT2D eigenvalue weighted by atomic mass is 10.0. The van der Waals surface area contributed by atoms with Gasteiger partial charge in [-0.3, -0.25) is 4.90 Å². The molecule has 0 unspecified atom stereocenters. The van der Waals surface area contributed by atoms with Crippen molar-refractivity contribution in [3.8, 4) is 0 Å². The van der Waals surface area contributed by atoms with Crippen LogP contribution in [0.1, 0.15) is 16.5 Å². The molecule has 1 aliphatic rings. The zero-order valence-corrected chi connectivity index (χ0v) is 16.8. The van der Waals surface area contributed by atoms with Gasteiger partial charge in [-0.15, -0.1) is 11.3 Å². The SMILES string of the molecule is Clc1ccc(Sc2ccccc2[C@H](c2cccs2)N2CCNCC2)cc1. The van der Waals surface area contributed by atoms with Gasteiger partial charge in [0.25, 0.3) is 0 Å². The Morgan fingerprint density at radius 1 is 0.962 bits per heavy atom. The summed E-state index contributed by atoms with van der Waals surface area (Å²) < 4.78 is 0. The molecule has 134 valence electrons. The van der Waals surface area contributed by atoms with Gasteiger partial charge in [-0.2, -0.15) is 0 Å². The van der Waals surface area contributed by atoms with Crippen LogP contribution in [0.4, 0.5) is 0 Å². The largest absolute Gasteiger partial charge is 0.314 e. The molecule has 1 aliphatic heterocycles. The summed E-state index contributed by atoms with van der Waals surface area (Å²) in [5.41, 5.74) is 1.39. The highest BCUT2D eigenvalue weighted by atomic mass is 35.5. The van der Waals surface area contributed by atoms with Gasteiger partial charge in [0.1, 0.15) is 0 Å². The number of piperazine rings is 1. The fourth-order valence-electron chi connectivity index (χ4n) is 3.35. The summed E-state index contributed by atoms with van der Waals surface area (Å²) in [4.78, 5) is 6.54. The maximum atomic E-state index is 6.05. The second-order valence-corrected chi connectivity index (χ2v) is 8.83. The Kier molecular flexibility index (Phi) is 5.98. The number of nitrogens with zero attached hydrogens (tertiary/aromatic N) is 1. The molecule has 1 fully saturated rings. The molecule has 1 aromatic heterocycles. The second kappa shape index (κ2) is 8.59. The predicted molar refractivity (Wildman–Crippen MR) is 113 cm³/mol. The first-order chi connectivity index (χ1) is 12.8. The fourth-order valence-corrected chi connectivity index (χ4v) is 5.32. The number of rotatable bonds is 5. The van der Waals surface area contributed by atoms with E-state index in [1.54, 1.807) is 0 Å². The molecule has 1 N–H and O–H groups in total. The van der Waals surface area contributed by atoms with Crippen molar-refractivity contribution in [2.75, 3.05) is 26.2 Å². The van der Waals surface area contributed by atoms with Gasteiger partial charge in [-0.05, 0) is 47.3 Å². The van der Waals surface area contributed by atoms with Gasteiger partial charge in [-0.1, -0.05) is 47.6 Å². The van der Waals surface area contributed by atoms with E-state index in [9.17, 15) is 0 Å². The van der Waals surface area contributed by atoms with Crippen LogP contribution in [0.15, 0.2) is 75.8 Å². The predicted octanol–water partition coefficient (Wildman–Crippen LogP) is 5.55. The monoisotopic (exact) mass is 400 g/mol. The zero-order chi connectivity index (χ0) is 17.8. The molecular weight excluding hydrogens is 380 g/mol. The molecule has 2 aromatic carbocycles. The lowest BCUT2D eigenvalue weighted by Crippen LogP contribution is -2.45. The molecule has 0 aliphatic carbocycles. The van der Waals surface area contributed by atoms with Crippen LogP contribution < -0.4 is 5.32 Å². The second-order valence-electron chi connectivity index (χ2n) is 6.30. The Bertz CT molecular complexity index is 827. The maximum Gasteiger partial charge on any atom is 0.0707 e. The summed E-state index contributed by atoms with van der Waals surface area (Å²) in [6.07, 6.45) is 0. The van der Waals surface area contributed by atoms with E-state index in [0.717, 1.165) is 31.2 Å². The lowest BCUT2D eigenvalue weighted by Gasteiger charge is -2.35. The lowest BCUT2D eigenvalue weighted by molar-refractivity contribution is 0.199. The Morgan fingerprint density at radius 3 is 2.46 bits per heavy atom. The summed E-state index contributed by atoms with van der Waals surface area (Å²) in [5, 5.41) is 6.43. The van der Waals surface area contributed by atoms with Crippen molar-refractivity contribution in [3.63, 3.8) is 0 Å². The smallest absolute Gasteiger partial charge is 0.0707 e. The first kappa shape index (κ1) is 18.1. The van der Waals surface area contributed by atoms with E-state index < -0.39 is 0 Å². The van der Waals surface area contributed by atoms with Gasteiger partial charge in [0.15, 0.2) is 0 Å². The van der Waals surface area contributed by atoms with Crippen molar-refractivity contribution in [3.05, 3.63) is 81.5 Å². The first-order valence-corrected chi connectivity index (χ1v) is 10.9.